The minimum absolute atomic E-state index is 0.417. The lowest BCUT2D eigenvalue weighted by Gasteiger charge is -2.01. The Kier molecular flexibility index (Phi) is 3.88. The lowest BCUT2D eigenvalue weighted by Crippen LogP contribution is -2.05. The van der Waals surface area contributed by atoms with E-state index in [9.17, 15) is 8.42 Å². The Balaban J connectivity index is 2.59. The average Bonchev–Trinajstić information content (AvgIpc) is 2.14. The molecule has 0 amide bonds. The van der Waals surface area contributed by atoms with Crippen molar-refractivity contribution in [1.29, 1.82) is 0 Å². The third-order valence-electron chi connectivity index (χ3n) is 1.55. The summed E-state index contributed by atoms with van der Waals surface area (Å²) >= 11 is 0. The van der Waals surface area contributed by atoms with Crippen LogP contribution in [0.25, 0.3) is 0 Å². The summed E-state index contributed by atoms with van der Waals surface area (Å²) in [6.45, 7) is 1.57. The molecule has 4 nitrogen and oxygen atoms in total. The fourth-order valence-electron chi connectivity index (χ4n) is 0.989. The summed E-state index contributed by atoms with van der Waals surface area (Å²) in [6.07, 6.45) is 1.31. The molecule has 0 aliphatic heterocycles. The predicted octanol–water partition coefficient (Wildman–Crippen LogP) is 1.86. The topological polar surface area (TPSA) is 63.6 Å². The second-order valence-corrected chi connectivity index (χ2v) is 4.57. The lowest BCUT2D eigenvalue weighted by molar-refractivity contribution is 0.469. The molecule has 1 N–H and O–H groups in total. The van der Waals surface area contributed by atoms with Gasteiger partial charge in [-0.3, -0.25) is 4.55 Å². The Hall–Kier alpha value is -1.33. The van der Waals surface area contributed by atoms with Gasteiger partial charge in [0.1, 0.15) is 5.75 Å². The van der Waals surface area contributed by atoms with Gasteiger partial charge in [-0.15, -0.1) is 0 Å². The van der Waals surface area contributed by atoms with E-state index < -0.39 is 15.9 Å². The predicted molar refractivity (Wildman–Crippen MR) is 57.2 cm³/mol. The van der Waals surface area contributed by atoms with Crippen LogP contribution in [0.4, 0.5) is 0 Å². The maximum absolute atomic E-state index is 10.5. The summed E-state index contributed by atoms with van der Waals surface area (Å²) in [6, 6.07) is 8.96. The van der Waals surface area contributed by atoms with Gasteiger partial charge in [0.2, 0.25) is 0 Å². The van der Waals surface area contributed by atoms with Crippen molar-refractivity contribution in [1.82, 2.24) is 0 Å². The summed E-state index contributed by atoms with van der Waals surface area (Å²) in [5.41, 5.74) is 0.432. The molecule has 0 aliphatic rings. The van der Waals surface area contributed by atoms with E-state index in [-0.39, 0.29) is 0 Å². The SMILES string of the molecule is CC(=COc1ccccc1)CS(=O)(=O)O. The van der Waals surface area contributed by atoms with Gasteiger partial charge < -0.3 is 4.74 Å². The van der Waals surface area contributed by atoms with Gasteiger partial charge in [-0.05, 0) is 24.6 Å². The van der Waals surface area contributed by atoms with Gasteiger partial charge in [0.05, 0.1) is 12.0 Å². The largest absolute Gasteiger partial charge is 0.465 e. The van der Waals surface area contributed by atoms with Crippen molar-refractivity contribution in [3.63, 3.8) is 0 Å². The second kappa shape index (κ2) is 4.95. The van der Waals surface area contributed by atoms with Crippen molar-refractivity contribution in [2.45, 2.75) is 6.92 Å². The summed E-state index contributed by atoms with van der Waals surface area (Å²) < 4.78 is 34.8. The van der Waals surface area contributed by atoms with Crippen LogP contribution in [0.2, 0.25) is 0 Å². The molecule has 0 unspecified atom stereocenters. The molecule has 1 aromatic rings. The van der Waals surface area contributed by atoms with E-state index in [1.807, 2.05) is 6.07 Å². The van der Waals surface area contributed by atoms with Gasteiger partial charge in [-0.2, -0.15) is 8.42 Å². The quantitative estimate of drug-likeness (QED) is 0.631. The third-order valence-corrected chi connectivity index (χ3v) is 2.37. The Bertz CT molecular complexity index is 434. The standard InChI is InChI=1S/C10H12O4S/c1-9(8-15(11,12)13)7-14-10-5-3-2-4-6-10/h2-7H,8H2,1H3,(H,11,12,13). The van der Waals surface area contributed by atoms with Crippen LogP contribution in [0, 0.1) is 0 Å². The molecular weight excluding hydrogens is 216 g/mol. The highest BCUT2D eigenvalue weighted by atomic mass is 32.2. The van der Waals surface area contributed by atoms with Crippen molar-refractivity contribution in [2.75, 3.05) is 5.75 Å². The first-order valence-corrected chi connectivity index (χ1v) is 5.91. The zero-order chi connectivity index (χ0) is 11.3. The Labute approximate surface area is 88.9 Å². The molecule has 0 spiro atoms. The van der Waals surface area contributed by atoms with Crippen LogP contribution in [0.3, 0.4) is 0 Å². The first-order valence-electron chi connectivity index (χ1n) is 4.30. The first kappa shape index (κ1) is 11.7. The third kappa shape index (κ3) is 5.19. The van der Waals surface area contributed by atoms with E-state index in [1.54, 1.807) is 31.2 Å². The Morgan fingerprint density at radius 3 is 2.53 bits per heavy atom. The van der Waals surface area contributed by atoms with E-state index in [0.717, 1.165) is 0 Å². The molecule has 15 heavy (non-hydrogen) atoms. The highest BCUT2D eigenvalue weighted by molar-refractivity contribution is 7.85. The minimum atomic E-state index is -3.98. The van der Waals surface area contributed by atoms with Crippen LogP contribution in [0.15, 0.2) is 42.2 Å². The normalized spacial score (nSPS) is 12.5. The molecule has 82 valence electrons. The zero-order valence-electron chi connectivity index (χ0n) is 8.25. The molecule has 0 bridgehead atoms. The number of ether oxygens (including phenoxy) is 1. The molecule has 0 fully saturated rings. The van der Waals surface area contributed by atoms with E-state index >= 15 is 0 Å². The zero-order valence-corrected chi connectivity index (χ0v) is 9.07. The maximum atomic E-state index is 10.5. The molecule has 0 radical (unpaired) electrons. The van der Waals surface area contributed by atoms with Crippen molar-refractivity contribution >= 4 is 10.1 Å². The maximum Gasteiger partial charge on any atom is 0.268 e. The van der Waals surface area contributed by atoms with Crippen molar-refractivity contribution in [3.05, 3.63) is 42.2 Å². The van der Waals surface area contributed by atoms with E-state index in [2.05, 4.69) is 0 Å². The summed E-state index contributed by atoms with van der Waals surface area (Å²) in [7, 11) is -3.98. The number of rotatable bonds is 4. The van der Waals surface area contributed by atoms with Gasteiger partial charge in [-0.1, -0.05) is 18.2 Å². The number of hydrogen-bond acceptors (Lipinski definition) is 3. The Morgan fingerprint density at radius 1 is 1.40 bits per heavy atom. The summed E-state index contributed by atoms with van der Waals surface area (Å²) in [4.78, 5) is 0. The van der Waals surface area contributed by atoms with Gasteiger partial charge >= 0.3 is 0 Å². The summed E-state index contributed by atoms with van der Waals surface area (Å²) in [5.74, 6) is 0.201. The molecule has 0 heterocycles. The monoisotopic (exact) mass is 228 g/mol. The molecule has 0 atom stereocenters. The molecule has 0 saturated heterocycles. The molecule has 0 aromatic heterocycles. The van der Waals surface area contributed by atoms with Gasteiger partial charge in [0, 0.05) is 0 Å². The molecule has 5 heteroatoms. The van der Waals surface area contributed by atoms with Gasteiger partial charge in [-0.25, -0.2) is 0 Å². The fourth-order valence-corrected chi connectivity index (χ4v) is 1.63. The van der Waals surface area contributed by atoms with Crippen LogP contribution in [0.1, 0.15) is 6.92 Å². The molecular formula is C10H12O4S. The summed E-state index contributed by atoms with van der Waals surface area (Å²) in [5, 5.41) is 0. The second-order valence-electron chi connectivity index (χ2n) is 3.12. The number of para-hydroxylation sites is 1. The highest BCUT2D eigenvalue weighted by Gasteiger charge is 2.05. The van der Waals surface area contributed by atoms with Crippen LogP contribution < -0.4 is 4.74 Å². The van der Waals surface area contributed by atoms with Crippen LogP contribution in [-0.2, 0) is 10.1 Å². The average molecular weight is 228 g/mol. The lowest BCUT2D eigenvalue weighted by atomic mass is 10.3. The van der Waals surface area contributed by atoms with Crippen molar-refractivity contribution in [2.24, 2.45) is 0 Å². The van der Waals surface area contributed by atoms with Crippen molar-refractivity contribution < 1.29 is 17.7 Å². The van der Waals surface area contributed by atoms with E-state index in [0.29, 0.717) is 11.3 Å². The molecule has 1 rings (SSSR count). The van der Waals surface area contributed by atoms with Crippen LogP contribution in [-0.4, -0.2) is 18.7 Å². The van der Waals surface area contributed by atoms with Crippen LogP contribution >= 0.6 is 0 Å². The molecule has 0 saturated carbocycles. The highest BCUT2D eigenvalue weighted by Crippen LogP contribution is 2.09. The van der Waals surface area contributed by atoms with Gasteiger partial charge in [0.25, 0.3) is 10.1 Å². The van der Waals surface area contributed by atoms with Crippen molar-refractivity contribution in [3.8, 4) is 5.75 Å². The fraction of sp³-hybridized carbons (Fsp3) is 0.200. The van der Waals surface area contributed by atoms with Gasteiger partial charge in [0.15, 0.2) is 0 Å². The van der Waals surface area contributed by atoms with E-state index in [4.69, 9.17) is 9.29 Å². The smallest absolute Gasteiger partial charge is 0.268 e. The number of benzene rings is 1. The molecule has 0 aliphatic carbocycles. The van der Waals surface area contributed by atoms with E-state index in [1.165, 1.54) is 6.26 Å². The number of hydrogen-bond donors (Lipinski definition) is 1. The van der Waals surface area contributed by atoms with Crippen LogP contribution in [0.5, 0.6) is 5.75 Å². The molecule has 1 aromatic carbocycles. The minimum Gasteiger partial charge on any atom is -0.465 e. The Morgan fingerprint density at radius 2 is 2.00 bits per heavy atom. The first-order chi connectivity index (χ1) is 6.97.